The summed E-state index contributed by atoms with van der Waals surface area (Å²) in [4.78, 5) is 25.3. The summed E-state index contributed by atoms with van der Waals surface area (Å²) in [5.74, 6) is -1.39. The molecular weight excluding hydrogens is 430 g/mol. The van der Waals surface area contributed by atoms with Crippen LogP contribution in [0.4, 0.5) is 5.69 Å². The van der Waals surface area contributed by atoms with Gasteiger partial charge in [-0.15, -0.1) is 0 Å². The van der Waals surface area contributed by atoms with Crippen LogP contribution in [0.5, 0.6) is 5.75 Å². The van der Waals surface area contributed by atoms with Crippen LogP contribution in [0.25, 0.3) is 0 Å². The Kier molecular flexibility index (Phi) is 9.52. The number of hydrogen-bond donors (Lipinski definition) is 2. The fraction of sp³-hybridized carbons (Fsp3) is 0.348. The first-order chi connectivity index (χ1) is 15.2. The number of nitrogens with zero attached hydrogens (tertiary/aromatic N) is 1. The molecule has 2 aromatic rings. The average molecular weight is 461 g/mol. The van der Waals surface area contributed by atoms with E-state index < -0.39 is 33.6 Å². The van der Waals surface area contributed by atoms with Gasteiger partial charge < -0.3 is 15.4 Å². The molecule has 0 heterocycles. The summed E-state index contributed by atoms with van der Waals surface area (Å²) in [7, 11) is -2.32. The molecule has 0 spiro atoms. The zero-order valence-electron chi connectivity index (χ0n) is 18.4. The van der Waals surface area contributed by atoms with Crippen LogP contribution in [0.15, 0.2) is 54.6 Å². The Bertz CT molecular complexity index is 978. The molecule has 0 aliphatic rings. The Hall–Kier alpha value is -3.07. The third-order valence-corrected chi connectivity index (χ3v) is 6.07. The van der Waals surface area contributed by atoms with Crippen molar-refractivity contribution in [3.8, 4) is 5.75 Å². The van der Waals surface area contributed by atoms with E-state index in [1.807, 2.05) is 30.3 Å². The summed E-state index contributed by atoms with van der Waals surface area (Å²) >= 11 is 0. The SMILES string of the molecule is COc1ccc(NS(=O)(=O)CN(CCCc2ccccc2)C(=O)[CH]CC(C)C(N)=O)cc1. The Morgan fingerprint density at radius 2 is 1.78 bits per heavy atom. The van der Waals surface area contributed by atoms with E-state index in [1.165, 1.54) is 18.4 Å². The summed E-state index contributed by atoms with van der Waals surface area (Å²) < 4.78 is 33.0. The normalized spacial score (nSPS) is 12.1. The number of hydrogen-bond acceptors (Lipinski definition) is 5. The molecule has 2 rings (SSSR count). The van der Waals surface area contributed by atoms with Gasteiger partial charge >= 0.3 is 0 Å². The number of aryl methyl sites for hydroxylation is 1. The molecule has 0 aliphatic carbocycles. The zero-order valence-corrected chi connectivity index (χ0v) is 19.2. The number of amides is 2. The standard InChI is InChI=1S/C23H30N3O5S/c1-18(23(24)28)10-15-22(27)26(16-6-9-19-7-4-3-5-8-19)17-32(29,30)25-20-11-13-21(31-2)14-12-20/h3-5,7-8,11-15,18,25H,6,9-10,16-17H2,1-2H3,(H2,24,28). The van der Waals surface area contributed by atoms with E-state index in [-0.39, 0.29) is 13.0 Å². The van der Waals surface area contributed by atoms with E-state index in [2.05, 4.69) is 4.72 Å². The first kappa shape index (κ1) is 25.2. The van der Waals surface area contributed by atoms with Gasteiger partial charge in [0.1, 0.15) is 11.6 Å². The molecule has 2 amide bonds. The molecule has 3 N–H and O–H groups in total. The number of primary amides is 1. The molecule has 1 unspecified atom stereocenters. The minimum absolute atomic E-state index is 0.148. The van der Waals surface area contributed by atoms with Gasteiger partial charge in [-0.25, -0.2) is 8.42 Å². The van der Waals surface area contributed by atoms with Crippen molar-refractivity contribution < 1.29 is 22.7 Å². The largest absolute Gasteiger partial charge is 0.497 e. The van der Waals surface area contributed by atoms with E-state index in [0.717, 1.165) is 5.56 Å². The van der Waals surface area contributed by atoms with E-state index in [9.17, 15) is 18.0 Å². The number of nitrogens with one attached hydrogen (secondary N) is 1. The molecule has 0 aliphatic heterocycles. The summed E-state index contributed by atoms with van der Waals surface area (Å²) in [5.41, 5.74) is 6.72. The molecule has 2 aromatic carbocycles. The zero-order chi connectivity index (χ0) is 23.6. The van der Waals surface area contributed by atoms with Crippen LogP contribution in [0.2, 0.25) is 0 Å². The number of carbonyl (C=O) groups excluding carboxylic acids is 2. The van der Waals surface area contributed by atoms with Gasteiger partial charge in [-0.05, 0) is 49.1 Å². The van der Waals surface area contributed by atoms with Crippen molar-refractivity contribution in [3.63, 3.8) is 0 Å². The van der Waals surface area contributed by atoms with E-state index in [1.54, 1.807) is 31.2 Å². The van der Waals surface area contributed by atoms with Crippen LogP contribution in [0.1, 0.15) is 25.3 Å². The highest BCUT2D eigenvalue weighted by molar-refractivity contribution is 7.92. The highest BCUT2D eigenvalue weighted by Crippen LogP contribution is 2.17. The molecule has 0 saturated heterocycles. The highest BCUT2D eigenvalue weighted by Gasteiger charge is 2.23. The second-order valence-corrected chi connectivity index (χ2v) is 9.20. The molecule has 32 heavy (non-hydrogen) atoms. The molecule has 0 saturated carbocycles. The Morgan fingerprint density at radius 3 is 2.38 bits per heavy atom. The van der Waals surface area contributed by atoms with Gasteiger partial charge in [-0.3, -0.25) is 14.3 Å². The van der Waals surface area contributed by atoms with Gasteiger partial charge in [0.05, 0.1) is 13.5 Å². The van der Waals surface area contributed by atoms with Gasteiger partial charge in [0.25, 0.3) is 10.0 Å². The van der Waals surface area contributed by atoms with Crippen LogP contribution in [0.3, 0.4) is 0 Å². The quantitative estimate of drug-likeness (QED) is 0.476. The van der Waals surface area contributed by atoms with Crippen LogP contribution < -0.4 is 15.2 Å². The van der Waals surface area contributed by atoms with E-state index in [4.69, 9.17) is 10.5 Å². The van der Waals surface area contributed by atoms with Gasteiger partial charge in [0.2, 0.25) is 11.8 Å². The van der Waals surface area contributed by atoms with E-state index in [0.29, 0.717) is 24.3 Å². The Morgan fingerprint density at radius 1 is 1.12 bits per heavy atom. The summed E-state index contributed by atoms with van der Waals surface area (Å²) in [6.07, 6.45) is 2.76. The lowest BCUT2D eigenvalue weighted by molar-refractivity contribution is -0.127. The van der Waals surface area contributed by atoms with Gasteiger partial charge in [-0.1, -0.05) is 37.3 Å². The molecule has 8 nitrogen and oxygen atoms in total. The fourth-order valence-corrected chi connectivity index (χ4v) is 4.18. The molecule has 0 aromatic heterocycles. The van der Waals surface area contributed by atoms with Crippen molar-refractivity contribution >= 4 is 27.5 Å². The fourth-order valence-electron chi connectivity index (χ4n) is 2.96. The molecule has 173 valence electrons. The molecule has 1 atom stereocenters. The number of carbonyl (C=O) groups is 2. The van der Waals surface area contributed by atoms with E-state index >= 15 is 0 Å². The third kappa shape index (κ3) is 8.58. The number of ether oxygens (including phenoxy) is 1. The second kappa shape index (κ2) is 12.1. The van der Waals surface area contributed by atoms with Crippen LogP contribution in [-0.4, -0.2) is 44.7 Å². The molecule has 0 fully saturated rings. The lowest BCUT2D eigenvalue weighted by atomic mass is 10.0. The van der Waals surface area contributed by atoms with Gasteiger partial charge in [0.15, 0.2) is 0 Å². The summed E-state index contributed by atoms with van der Waals surface area (Å²) in [5, 5.41) is 0. The monoisotopic (exact) mass is 460 g/mol. The molecular formula is C23H30N3O5S. The van der Waals surface area contributed by atoms with Crippen molar-refractivity contribution in [2.75, 3.05) is 24.3 Å². The number of nitrogens with two attached hydrogens (primary N) is 1. The Labute approximate surface area is 189 Å². The minimum atomic E-state index is -3.85. The van der Waals surface area contributed by atoms with Crippen LogP contribution >= 0.6 is 0 Å². The summed E-state index contributed by atoms with van der Waals surface area (Å²) in [6, 6.07) is 16.2. The predicted molar refractivity (Wildman–Crippen MR) is 124 cm³/mol. The van der Waals surface area contributed by atoms with Gasteiger partial charge in [0, 0.05) is 18.2 Å². The smallest absolute Gasteiger partial charge is 0.251 e. The molecule has 9 heteroatoms. The lowest BCUT2D eigenvalue weighted by Gasteiger charge is -2.23. The maximum atomic E-state index is 12.7. The minimum Gasteiger partial charge on any atom is -0.497 e. The average Bonchev–Trinajstić information content (AvgIpc) is 2.77. The van der Waals surface area contributed by atoms with Crippen molar-refractivity contribution in [3.05, 3.63) is 66.6 Å². The maximum absolute atomic E-state index is 12.7. The lowest BCUT2D eigenvalue weighted by Crippen LogP contribution is -2.39. The molecule has 0 bridgehead atoms. The number of benzene rings is 2. The Balaban J connectivity index is 2.04. The van der Waals surface area contributed by atoms with Crippen molar-refractivity contribution in [1.82, 2.24) is 4.90 Å². The van der Waals surface area contributed by atoms with Crippen LogP contribution in [0, 0.1) is 12.3 Å². The van der Waals surface area contributed by atoms with Crippen molar-refractivity contribution in [2.24, 2.45) is 11.7 Å². The highest BCUT2D eigenvalue weighted by atomic mass is 32.2. The third-order valence-electron chi connectivity index (χ3n) is 4.87. The number of sulfonamides is 1. The van der Waals surface area contributed by atoms with Gasteiger partial charge in [-0.2, -0.15) is 0 Å². The number of methoxy groups -OCH3 is 1. The topological polar surface area (TPSA) is 119 Å². The second-order valence-electron chi connectivity index (χ2n) is 7.51. The first-order valence-corrected chi connectivity index (χ1v) is 12.0. The maximum Gasteiger partial charge on any atom is 0.251 e. The molecule has 1 radical (unpaired) electrons. The predicted octanol–water partition coefficient (Wildman–Crippen LogP) is 2.57. The van der Waals surface area contributed by atoms with Crippen molar-refractivity contribution in [2.45, 2.75) is 26.2 Å². The van der Waals surface area contributed by atoms with Crippen LogP contribution in [-0.2, 0) is 26.0 Å². The summed E-state index contributed by atoms with van der Waals surface area (Å²) in [6.45, 7) is 1.87. The number of rotatable bonds is 13. The van der Waals surface area contributed by atoms with Crippen molar-refractivity contribution in [1.29, 1.82) is 0 Å². The first-order valence-electron chi connectivity index (χ1n) is 10.3. The number of anilines is 1.